The van der Waals surface area contributed by atoms with Crippen molar-refractivity contribution in [3.8, 4) is 0 Å². The average Bonchev–Trinajstić information content (AvgIpc) is 2.06. The van der Waals surface area contributed by atoms with E-state index in [9.17, 15) is 9.90 Å². The molecule has 0 bridgehead atoms. The molecule has 69 valence electrons. The molecule has 0 spiro atoms. The summed E-state index contributed by atoms with van der Waals surface area (Å²) in [6, 6.07) is 0. The fourth-order valence-electron chi connectivity index (χ4n) is 1.51. The summed E-state index contributed by atoms with van der Waals surface area (Å²) < 4.78 is 5.09. The van der Waals surface area contributed by atoms with Gasteiger partial charge in [0.1, 0.15) is 6.10 Å². The van der Waals surface area contributed by atoms with Gasteiger partial charge < -0.3 is 4.74 Å². The summed E-state index contributed by atoms with van der Waals surface area (Å²) in [5.41, 5.74) is 0. The zero-order valence-corrected chi connectivity index (χ0v) is 7.25. The monoisotopic (exact) mass is 171 g/mol. The third kappa shape index (κ3) is 3.22. The highest BCUT2D eigenvalue weighted by Crippen LogP contribution is 2.20. The molecule has 1 fully saturated rings. The van der Waals surface area contributed by atoms with Crippen LogP contribution in [-0.4, -0.2) is 18.7 Å². The maximum atomic E-state index is 10.9. The van der Waals surface area contributed by atoms with Crippen LogP contribution in [0.5, 0.6) is 0 Å². The number of carbonyl (C=O) groups excluding carboxylic acids is 1. The van der Waals surface area contributed by atoms with Crippen molar-refractivity contribution in [3.63, 3.8) is 0 Å². The van der Waals surface area contributed by atoms with Crippen molar-refractivity contribution in [2.45, 2.75) is 44.6 Å². The Balaban J connectivity index is 2.15. The molecule has 0 aromatic heterocycles. The molecule has 0 atom stereocenters. The Morgan fingerprint density at radius 1 is 1.25 bits per heavy atom. The lowest BCUT2D eigenvalue weighted by molar-refractivity contribution is -0.151. The van der Waals surface area contributed by atoms with Crippen molar-refractivity contribution in [1.82, 2.24) is 0 Å². The van der Waals surface area contributed by atoms with Crippen molar-refractivity contribution in [1.29, 1.82) is 0 Å². The molecule has 0 aliphatic heterocycles. The lowest BCUT2D eigenvalue weighted by atomic mass is 9.98. The molecular weight excluding hydrogens is 156 g/mol. The molecule has 0 amide bonds. The highest BCUT2D eigenvalue weighted by molar-refractivity contribution is 5.69. The molecule has 3 nitrogen and oxygen atoms in total. The Morgan fingerprint density at radius 2 is 1.92 bits per heavy atom. The van der Waals surface area contributed by atoms with Crippen LogP contribution in [0.4, 0.5) is 0 Å². The van der Waals surface area contributed by atoms with Crippen molar-refractivity contribution in [2.24, 2.45) is 0 Å². The van der Waals surface area contributed by atoms with E-state index in [0.717, 1.165) is 25.7 Å². The van der Waals surface area contributed by atoms with Crippen LogP contribution in [-0.2, 0) is 14.6 Å². The van der Waals surface area contributed by atoms with E-state index in [1.54, 1.807) is 0 Å². The molecule has 3 heteroatoms. The Bertz CT molecular complexity index is 139. The highest BCUT2D eigenvalue weighted by atomic mass is 16.5. The number of hydrogen-bond donors (Lipinski definition) is 0. The maximum absolute atomic E-state index is 10.9. The molecule has 1 saturated carbocycles. The van der Waals surface area contributed by atoms with Crippen LogP contribution in [0.25, 0.3) is 0 Å². The van der Waals surface area contributed by atoms with Gasteiger partial charge in [0.25, 0.3) is 0 Å². The van der Waals surface area contributed by atoms with E-state index in [0.29, 0.717) is 0 Å². The molecule has 0 unspecified atom stereocenters. The van der Waals surface area contributed by atoms with Crippen molar-refractivity contribution in [3.05, 3.63) is 0 Å². The van der Waals surface area contributed by atoms with Gasteiger partial charge in [0.2, 0.25) is 0 Å². The first kappa shape index (κ1) is 9.52. The second kappa shape index (κ2) is 5.14. The second-order valence-electron chi connectivity index (χ2n) is 3.20. The molecular formula is C9H15O3. The number of carbonyl (C=O) groups is 1. The largest absolute Gasteiger partial charge is 0.462 e. The lowest BCUT2D eigenvalue weighted by Gasteiger charge is -2.21. The van der Waals surface area contributed by atoms with Gasteiger partial charge in [-0.1, -0.05) is 6.42 Å². The zero-order chi connectivity index (χ0) is 8.81. The van der Waals surface area contributed by atoms with Gasteiger partial charge >= 0.3 is 5.97 Å². The molecule has 0 aromatic carbocycles. The average molecular weight is 171 g/mol. The van der Waals surface area contributed by atoms with E-state index in [1.807, 2.05) is 0 Å². The zero-order valence-electron chi connectivity index (χ0n) is 7.25. The van der Waals surface area contributed by atoms with Crippen LogP contribution in [0.2, 0.25) is 0 Å². The van der Waals surface area contributed by atoms with Crippen LogP contribution in [0, 0.1) is 0 Å². The van der Waals surface area contributed by atoms with E-state index in [4.69, 9.17) is 4.74 Å². The number of rotatable bonds is 3. The predicted octanol–water partition coefficient (Wildman–Crippen LogP) is 1.68. The van der Waals surface area contributed by atoms with Gasteiger partial charge in [-0.2, -0.15) is 0 Å². The Morgan fingerprint density at radius 3 is 2.50 bits per heavy atom. The van der Waals surface area contributed by atoms with E-state index in [1.165, 1.54) is 6.42 Å². The Labute approximate surface area is 72.7 Å². The third-order valence-corrected chi connectivity index (χ3v) is 2.16. The quantitative estimate of drug-likeness (QED) is 0.606. The van der Waals surface area contributed by atoms with Gasteiger partial charge in [-0.15, -0.1) is 0 Å². The summed E-state index contributed by atoms with van der Waals surface area (Å²) in [6.45, 7) is -0.356. The minimum Gasteiger partial charge on any atom is -0.462 e. The van der Waals surface area contributed by atoms with Crippen LogP contribution in [0.15, 0.2) is 0 Å². The Kier molecular flexibility index (Phi) is 4.08. The van der Waals surface area contributed by atoms with Gasteiger partial charge in [0.05, 0.1) is 13.0 Å². The summed E-state index contributed by atoms with van der Waals surface area (Å²) in [5.74, 6) is -0.322. The summed E-state index contributed by atoms with van der Waals surface area (Å²) in [5, 5.41) is 10.1. The number of hydrogen-bond acceptors (Lipinski definition) is 2. The minimum absolute atomic E-state index is 0.0243. The summed E-state index contributed by atoms with van der Waals surface area (Å²) in [4.78, 5) is 10.9. The van der Waals surface area contributed by atoms with E-state index < -0.39 is 0 Å². The van der Waals surface area contributed by atoms with Crippen LogP contribution in [0.1, 0.15) is 38.5 Å². The summed E-state index contributed by atoms with van der Waals surface area (Å²) >= 11 is 0. The van der Waals surface area contributed by atoms with Gasteiger partial charge in [-0.05, 0) is 25.7 Å². The lowest BCUT2D eigenvalue weighted by Crippen LogP contribution is -2.21. The first-order valence-corrected chi connectivity index (χ1v) is 4.60. The fraction of sp³-hybridized carbons (Fsp3) is 0.889. The minimum atomic E-state index is -0.356. The van der Waals surface area contributed by atoms with Gasteiger partial charge in [-0.3, -0.25) is 4.79 Å². The maximum Gasteiger partial charge on any atom is 0.308 e. The van der Waals surface area contributed by atoms with Gasteiger partial charge in [-0.25, -0.2) is 5.11 Å². The predicted molar refractivity (Wildman–Crippen MR) is 43.1 cm³/mol. The Hall–Kier alpha value is -0.570. The van der Waals surface area contributed by atoms with E-state index >= 15 is 0 Å². The van der Waals surface area contributed by atoms with E-state index in [2.05, 4.69) is 0 Å². The molecule has 0 aromatic rings. The molecule has 1 radical (unpaired) electrons. The van der Waals surface area contributed by atoms with Gasteiger partial charge in [0, 0.05) is 0 Å². The standard InChI is InChI=1S/C9H15O3/c10-7-6-9(11)12-8-4-2-1-3-5-8/h8H,1-7H2. The molecule has 0 saturated heterocycles. The number of ether oxygens (including phenoxy) is 1. The topological polar surface area (TPSA) is 46.2 Å². The SMILES string of the molecule is [O]CCC(=O)OC1CCCCC1. The van der Waals surface area contributed by atoms with E-state index in [-0.39, 0.29) is 25.1 Å². The molecule has 1 aliphatic carbocycles. The first-order valence-electron chi connectivity index (χ1n) is 4.60. The summed E-state index contributed by atoms with van der Waals surface area (Å²) in [7, 11) is 0. The first-order chi connectivity index (χ1) is 5.83. The van der Waals surface area contributed by atoms with Crippen LogP contribution < -0.4 is 0 Å². The van der Waals surface area contributed by atoms with Crippen LogP contribution in [0.3, 0.4) is 0 Å². The van der Waals surface area contributed by atoms with Crippen molar-refractivity contribution >= 4 is 5.97 Å². The normalized spacial score (nSPS) is 19.1. The summed E-state index contributed by atoms with van der Waals surface area (Å²) in [6.07, 6.45) is 5.61. The van der Waals surface area contributed by atoms with Crippen molar-refractivity contribution < 1.29 is 14.6 Å². The molecule has 1 aliphatic rings. The molecule has 0 heterocycles. The highest BCUT2D eigenvalue weighted by Gasteiger charge is 2.16. The van der Waals surface area contributed by atoms with Crippen LogP contribution >= 0.6 is 0 Å². The fourth-order valence-corrected chi connectivity index (χ4v) is 1.51. The van der Waals surface area contributed by atoms with Crippen molar-refractivity contribution in [2.75, 3.05) is 6.61 Å². The molecule has 12 heavy (non-hydrogen) atoms. The molecule has 1 rings (SSSR count). The third-order valence-electron chi connectivity index (χ3n) is 2.16. The van der Waals surface area contributed by atoms with Gasteiger partial charge in [0.15, 0.2) is 0 Å². The smallest absolute Gasteiger partial charge is 0.308 e. The molecule has 0 N–H and O–H groups in total. The second-order valence-corrected chi connectivity index (χ2v) is 3.20. The number of esters is 1.